The van der Waals surface area contributed by atoms with Gasteiger partial charge in [-0.3, -0.25) is 9.48 Å². The average Bonchev–Trinajstić information content (AvgIpc) is 3.54. The summed E-state index contributed by atoms with van der Waals surface area (Å²) >= 11 is 0. The summed E-state index contributed by atoms with van der Waals surface area (Å²) in [6, 6.07) is 8.04. The Morgan fingerprint density at radius 1 is 1.12 bits per heavy atom. The van der Waals surface area contributed by atoms with Crippen molar-refractivity contribution in [1.29, 1.82) is 0 Å². The molecule has 0 spiro atoms. The van der Waals surface area contributed by atoms with Crippen molar-refractivity contribution in [2.45, 2.75) is 6.54 Å². The molecule has 1 aliphatic heterocycles. The second kappa shape index (κ2) is 7.88. The van der Waals surface area contributed by atoms with E-state index in [2.05, 4.69) is 28.1 Å². The van der Waals surface area contributed by atoms with Crippen LogP contribution in [0.5, 0.6) is 5.75 Å². The minimum absolute atomic E-state index is 0.135. The number of rotatable bonds is 4. The molecule has 5 heterocycles. The first-order chi connectivity index (χ1) is 16.5. The SMILES string of the molecule is COc1ccc2c(c1)c(-c1cc3c(ncc4c[nH]n(C)c43)n1)cn2CC(=O)N1CCN(C)CC1. The number of hydrogen-bond acceptors (Lipinski definition) is 5. The highest BCUT2D eigenvalue weighted by atomic mass is 16.5. The molecule has 1 aliphatic rings. The lowest BCUT2D eigenvalue weighted by molar-refractivity contribution is -0.133. The van der Waals surface area contributed by atoms with Crippen LogP contribution in [0.2, 0.25) is 0 Å². The van der Waals surface area contributed by atoms with Crippen molar-refractivity contribution in [3.05, 3.63) is 42.9 Å². The first-order valence-corrected chi connectivity index (χ1v) is 11.4. The zero-order valence-electron chi connectivity index (χ0n) is 19.6. The maximum Gasteiger partial charge on any atom is 0.242 e. The van der Waals surface area contributed by atoms with Crippen molar-refractivity contribution >= 4 is 38.7 Å². The van der Waals surface area contributed by atoms with Crippen LogP contribution in [0.4, 0.5) is 0 Å². The highest BCUT2D eigenvalue weighted by molar-refractivity contribution is 6.06. The van der Waals surface area contributed by atoms with Crippen LogP contribution in [0.15, 0.2) is 42.9 Å². The van der Waals surface area contributed by atoms with E-state index >= 15 is 0 Å². The van der Waals surface area contributed by atoms with Crippen LogP contribution >= 0.6 is 0 Å². The highest BCUT2D eigenvalue weighted by Gasteiger charge is 2.22. The molecule has 6 rings (SSSR count). The van der Waals surface area contributed by atoms with Gasteiger partial charge < -0.3 is 24.2 Å². The normalized spacial score (nSPS) is 15.1. The van der Waals surface area contributed by atoms with Crippen molar-refractivity contribution in [2.75, 3.05) is 40.3 Å². The molecule has 1 aromatic carbocycles. The van der Waals surface area contributed by atoms with Gasteiger partial charge in [-0.25, -0.2) is 9.97 Å². The Labute approximate surface area is 196 Å². The fourth-order valence-electron chi connectivity index (χ4n) is 4.92. The van der Waals surface area contributed by atoms with Crippen LogP contribution in [0.25, 0.3) is 44.1 Å². The molecule has 1 amide bonds. The van der Waals surface area contributed by atoms with Crippen molar-refractivity contribution in [1.82, 2.24) is 34.1 Å². The number of amides is 1. The van der Waals surface area contributed by atoms with Crippen LogP contribution in [-0.2, 0) is 18.4 Å². The molecule has 1 N–H and O–H groups in total. The van der Waals surface area contributed by atoms with Gasteiger partial charge in [-0.15, -0.1) is 0 Å². The first-order valence-electron chi connectivity index (χ1n) is 11.4. The summed E-state index contributed by atoms with van der Waals surface area (Å²) in [5.41, 5.74) is 4.55. The number of piperazine rings is 1. The standard InChI is InChI=1S/C25H27N7O2/c1-29-6-8-31(9-7-29)23(33)15-32-14-20(18-10-17(34-3)4-5-22(18)32)21-11-19-24-16(13-27-30(24)2)12-26-25(19)28-21/h4-5,10-14,27H,6-9,15H2,1-3H3. The average molecular weight is 458 g/mol. The Morgan fingerprint density at radius 2 is 1.94 bits per heavy atom. The summed E-state index contributed by atoms with van der Waals surface area (Å²) in [5, 5.41) is 6.24. The molecule has 0 radical (unpaired) electrons. The lowest BCUT2D eigenvalue weighted by Gasteiger charge is -2.32. The largest absolute Gasteiger partial charge is 0.497 e. The number of fused-ring (bicyclic) bond motifs is 4. The molecule has 0 unspecified atom stereocenters. The number of likely N-dealkylation sites (N-methyl/N-ethyl adjacent to an activating group) is 1. The number of pyridine rings is 1. The molecular weight excluding hydrogens is 430 g/mol. The zero-order chi connectivity index (χ0) is 23.4. The minimum Gasteiger partial charge on any atom is -0.497 e. The molecule has 174 valence electrons. The Morgan fingerprint density at radius 3 is 2.74 bits per heavy atom. The highest BCUT2D eigenvalue weighted by Crippen LogP contribution is 2.35. The van der Waals surface area contributed by atoms with Gasteiger partial charge in [0.15, 0.2) is 5.65 Å². The number of aromatic amines is 1. The third kappa shape index (κ3) is 3.31. The Bertz CT molecular complexity index is 1540. The molecule has 0 aliphatic carbocycles. The number of hydrogen-bond donors (Lipinski definition) is 1. The van der Waals surface area contributed by atoms with Gasteiger partial charge in [0, 0.05) is 79.1 Å². The fourth-order valence-corrected chi connectivity index (χ4v) is 4.92. The Kier molecular flexibility index (Phi) is 4.80. The number of ether oxygens (including phenoxy) is 1. The summed E-state index contributed by atoms with van der Waals surface area (Å²) in [6.07, 6.45) is 5.81. The molecular formula is C25H27N7O2. The number of H-pyrrole nitrogens is 1. The number of aromatic nitrogens is 5. The van der Waals surface area contributed by atoms with E-state index in [0.717, 1.165) is 70.4 Å². The Hall–Kier alpha value is -3.85. The smallest absolute Gasteiger partial charge is 0.242 e. The monoisotopic (exact) mass is 457 g/mol. The summed E-state index contributed by atoms with van der Waals surface area (Å²) in [4.78, 5) is 26.7. The van der Waals surface area contributed by atoms with Crippen molar-refractivity contribution in [3.8, 4) is 17.0 Å². The summed E-state index contributed by atoms with van der Waals surface area (Å²) < 4.78 is 9.51. The van der Waals surface area contributed by atoms with Gasteiger partial charge in [-0.2, -0.15) is 0 Å². The van der Waals surface area contributed by atoms with Gasteiger partial charge in [-0.05, 0) is 31.3 Å². The third-order valence-corrected chi connectivity index (χ3v) is 6.88. The van der Waals surface area contributed by atoms with E-state index < -0.39 is 0 Å². The second-order valence-electron chi connectivity index (χ2n) is 9.01. The molecule has 0 atom stereocenters. The van der Waals surface area contributed by atoms with Crippen molar-refractivity contribution in [3.63, 3.8) is 0 Å². The van der Waals surface area contributed by atoms with Gasteiger partial charge >= 0.3 is 0 Å². The minimum atomic E-state index is 0.135. The molecule has 9 heteroatoms. The molecule has 9 nitrogen and oxygen atoms in total. The van der Waals surface area contributed by atoms with E-state index in [9.17, 15) is 4.79 Å². The van der Waals surface area contributed by atoms with Gasteiger partial charge in [0.05, 0.1) is 18.3 Å². The van der Waals surface area contributed by atoms with Crippen LogP contribution in [0, 0.1) is 0 Å². The van der Waals surface area contributed by atoms with Gasteiger partial charge in [0.1, 0.15) is 12.3 Å². The molecule has 0 bridgehead atoms. The van der Waals surface area contributed by atoms with Crippen LogP contribution in [0.1, 0.15) is 0 Å². The molecule has 1 fully saturated rings. The quantitative estimate of drug-likeness (QED) is 0.449. The van der Waals surface area contributed by atoms with E-state index in [-0.39, 0.29) is 5.91 Å². The van der Waals surface area contributed by atoms with Crippen molar-refractivity contribution in [2.24, 2.45) is 7.05 Å². The lowest BCUT2D eigenvalue weighted by atomic mass is 10.1. The van der Waals surface area contributed by atoms with Crippen molar-refractivity contribution < 1.29 is 9.53 Å². The van der Waals surface area contributed by atoms with E-state index in [0.29, 0.717) is 12.2 Å². The van der Waals surface area contributed by atoms with E-state index in [4.69, 9.17) is 9.72 Å². The number of nitrogens with one attached hydrogen (secondary N) is 1. The number of carbonyl (C=O) groups is 1. The van der Waals surface area contributed by atoms with Crippen LogP contribution < -0.4 is 4.74 Å². The van der Waals surface area contributed by atoms with E-state index in [1.165, 1.54) is 0 Å². The summed E-state index contributed by atoms with van der Waals surface area (Å²) in [5.74, 6) is 0.904. The Balaban J connectivity index is 1.45. The predicted octanol–water partition coefficient (Wildman–Crippen LogP) is 2.85. The zero-order valence-corrected chi connectivity index (χ0v) is 19.6. The topological polar surface area (TPSA) is 84.2 Å². The van der Waals surface area contributed by atoms with Gasteiger partial charge in [-0.1, -0.05) is 0 Å². The van der Waals surface area contributed by atoms with Crippen LogP contribution in [-0.4, -0.2) is 80.4 Å². The molecule has 34 heavy (non-hydrogen) atoms. The maximum atomic E-state index is 13.1. The number of benzene rings is 1. The molecule has 0 saturated carbocycles. The number of aryl methyl sites for hydroxylation is 1. The second-order valence-corrected chi connectivity index (χ2v) is 9.01. The van der Waals surface area contributed by atoms with Gasteiger partial charge in [0.2, 0.25) is 5.91 Å². The predicted molar refractivity (Wildman–Crippen MR) is 132 cm³/mol. The number of carbonyl (C=O) groups excluding carboxylic acids is 1. The van der Waals surface area contributed by atoms with E-state index in [1.807, 2.05) is 58.0 Å². The summed E-state index contributed by atoms with van der Waals surface area (Å²) in [6.45, 7) is 3.63. The lowest BCUT2D eigenvalue weighted by Crippen LogP contribution is -2.48. The van der Waals surface area contributed by atoms with Gasteiger partial charge in [0.25, 0.3) is 0 Å². The number of nitrogens with zero attached hydrogens (tertiary/aromatic N) is 6. The van der Waals surface area contributed by atoms with Crippen LogP contribution in [0.3, 0.4) is 0 Å². The molecule has 4 aromatic heterocycles. The third-order valence-electron chi connectivity index (χ3n) is 6.88. The molecule has 5 aromatic rings. The number of methoxy groups -OCH3 is 1. The maximum absolute atomic E-state index is 13.1. The summed E-state index contributed by atoms with van der Waals surface area (Å²) in [7, 11) is 5.74. The fraction of sp³-hybridized carbons (Fsp3) is 0.320. The molecule has 1 saturated heterocycles. The first kappa shape index (κ1) is 20.7. The van der Waals surface area contributed by atoms with E-state index in [1.54, 1.807) is 7.11 Å².